The predicted molar refractivity (Wildman–Crippen MR) is 114 cm³/mol. The molecule has 0 spiro atoms. The number of rotatable bonds is 15. The molecule has 1 atom stereocenters. The maximum atomic E-state index is 8.67. The monoisotopic (exact) mass is 378 g/mol. The Labute approximate surface area is 167 Å². The van der Waals surface area contributed by atoms with E-state index in [4.69, 9.17) is 14.9 Å². The third-order valence-electron chi connectivity index (χ3n) is 5.16. The molecule has 0 amide bonds. The second-order valence-corrected chi connectivity index (χ2v) is 7.83. The van der Waals surface area contributed by atoms with Crippen LogP contribution in [0.25, 0.3) is 0 Å². The summed E-state index contributed by atoms with van der Waals surface area (Å²) in [6, 6.07) is 6.15. The highest BCUT2D eigenvalue weighted by Crippen LogP contribution is 2.21. The maximum Gasteiger partial charge on any atom is 0.157 e. The molecule has 1 aromatic carbocycles. The van der Waals surface area contributed by atoms with Crippen LogP contribution < -0.4 is 0 Å². The fourth-order valence-corrected chi connectivity index (χ4v) is 3.27. The number of phenols is 2. The first kappa shape index (κ1) is 23.8. The molecule has 0 aliphatic carbocycles. The van der Waals surface area contributed by atoms with Gasteiger partial charge >= 0.3 is 0 Å². The third-order valence-corrected chi connectivity index (χ3v) is 5.16. The number of hydrogen-bond acceptors (Lipinski definition) is 3. The first-order valence-corrected chi connectivity index (χ1v) is 11.3. The van der Waals surface area contributed by atoms with Crippen molar-refractivity contribution in [1.82, 2.24) is 0 Å². The molecule has 0 bridgehead atoms. The first-order valence-electron chi connectivity index (χ1n) is 11.3. The van der Waals surface area contributed by atoms with Crippen molar-refractivity contribution in [1.29, 1.82) is 0 Å². The van der Waals surface area contributed by atoms with Crippen LogP contribution in [0.4, 0.5) is 0 Å². The van der Waals surface area contributed by atoms with Gasteiger partial charge in [0.2, 0.25) is 0 Å². The fourth-order valence-electron chi connectivity index (χ4n) is 3.27. The molecule has 27 heavy (non-hydrogen) atoms. The van der Waals surface area contributed by atoms with Crippen LogP contribution in [0.15, 0.2) is 24.3 Å². The molecule has 1 unspecified atom stereocenters. The lowest BCUT2D eigenvalue weighted by molar-refractivity contribution is 0.387. The van der Waals surface area contributed by atoms with Gasteiger partial charge in [-0.3, -0.25) is 0 Å². The molecule has 1 fully saturated rings. The lowest BCUT2D eigenvalue weighted by Crippen LogP contribution is -1.86. The van der Waals surface area contributed by atoms with Crippen LogP contribution in [0.5, 0.6) is 11.5 Å². The number of phenolic OH excluding ortho intramolecular Hbond substituents is 2. The number of unbranched alkanes of at least 4 members (excludes halogenated alkanes) is 13. The van der Waals surface area contributed by atoms with Gasteiger partial charge in [0, 0.05) is 0 Å². The highest BCUT2D eigenvalue weighted by atomic mass is 16.6. The van der Waals surface area contributed by atoms with Gasteiger partial charge in [-0.1, -0.05) is 109 Å². The van der Waals surface area contributed by atoms with Crippen molar-refractivity contribution in [3.05, 3.63) is 24.3 Å². The second-order valence-electron chi connectivity index (χ2n) is 7.83. The van der Waals surface area contributed by atoms with Crippen molar-refractivity contribution in [3.63, 3.8) is 0 Å². The Kier molecular flexibility index (Phi) is 14.9. The molecular formula is C24H42O3. The van der Waals surface area contributed by atoms with Gasteiger partial charge in [-0.25, -0.2) is 0 Å². The zero-order chi connectivity index (χ0) is 19.6. The van der Waals surface area contributed by atoms with E-state index in [2.05, 4.69) is 6.92 Å². The molecule has 2 rings (SSSR count). The molecule has 0 aromatic heterocycles. The summed E-state index contributed by atoms with van der Waals surface area (Å²) in [5.41, 5.74) is 0. The van der Waals surface area contributed by atoms with Crippen LogP contribution in [0, 0.1) is 0 Å². The van der Waals surface area contributed by atoms with Gasteiger partial charge in [-0.15, -0.1) is 0 Å². The fraction of sp³-hybridized carbons (Fsp3) is 0.750. The van der Waals surface area contributed by atoms with E-state index in [9.17, 15) is 0 Å². The van der Waals surface area contributed by atoms with Gasteiger partial charge in [0.1, 0.15) is 0 Å². The quantitative estimate of drug-likeness (QED) is 0.190. The summed E-state index contributed by atoms with van der Waals surface area (Å²) in [6.45, 7) is 3.33. The van der Waals surface area contributed by atoms with Crippen molar-refractivity contribution in [2.75, 3.05) is 6.61 Å². The smallest absolute Gasteiger partial charge is 0.157 e. The third kappa shape index (κ3) is 15.5. The molecule has 1 aromatic rings. The van der Waals surface area contributed by atoms with E-state index in [1.165, 1.54) is 108 Å². The molecule has 0 saturated carbocycles. The Morgan fingerprint density at radius 3 is 1.41 bits per heavy atom. The normalized spacial score (nSPS) is 15.2. The van der Waals surface area contributed by atoms with E-state index in [1.807, 2.05) is 0 Å². The van der Waals surface area contributed by atoms with Crippen molar-refractivity contribution < 1.29 is 14.9 Å². The molecule has 3 heteroatoms. The summed E-state index contributed by atoms with van der Waals surface area (Å²) in [6.07, 6.45) is 22.3. The van der Waals surface area contributed by atoms with E-state index in [1.54, 1.807) is 12.1 Å². The van der Waals surface area contributed by atoms with Gasteiger partial charge in [0.05, 0.1) is 12.7 Å². The van der Waals surface area contributed by atoms with Crippen molar-refractivity contribution in [2.45, 2.75) is 109 Å². The van der Waals surface area contributed by atoms with Crippen LogP contribution in [0.2, 0.25) is 0 Å². The van der Waals surface area contributed by atoms with Gasteiger partial charge in [0.25, 0.3) is 0 Å². The first-order chi connectivity index (χ1) is 13.2. The zero-order valence-electron chi connectivity index (χ0n) is 17.5. The van der Waals surface area contributed by atoms with Gasteiger partial charge in [-0.05, 0) is 18.6 Å². The molecule has 156 valence electrons. The van der Waals surface area contributed by atoms with E-state index in [0.717, 1.165) is 6.61 Å². The number of para-hydroxylation sites is 2. The Bertz CT molecular complexity index is 422. The molecule has 2 N–H and O–H groups in total. The average molecular weight is 379 g/mol. The lowest BCUT2D eigenvalue weighted by Gasteiger charge is -2.03. The van der Waals surface area contributed by atoms with Crippen LogP contribution in [0.1, 0.15) is 103 Å². The number of epoxide rings is 1. The molecule has 3 nitrogen and oxygen atoms in total. The van der Waals surface area contributed by atoms with Crippen molar-refractivity contribution in [3.8, 4) is 11.5 Å². The Balaban J connectivity index is 0.000000377. The SMILES string of the molecule is CCCCCCCCCCCCCCCCC1CO1.Oc1ccccc1O. The van der Waals surface area contributed by atoms with Crippen molar-refractivity contribution >= 4 is 0 Å². The summed E-state index contributed by atoms with van der Waals surface area (Å²) < 4.78 is 5.22. The summed E-state index contributed by atoms with van der Waals surface area (Å²) in [5, 5.41) is 17.3. The van der Waals surface area contributed by atoms with E-state index in [-0.39, 0.29) is 11.5 Å². The van der Waals surface area contributed by atoms with Crippen LogP contribution in [-0.4, -0.2) is 22.9 Å². The lowest BCUT2D eigenvalue weighted by atomic mass is 10.0. The minimum absolute atomic E-state index is 0.0764. The van der Waals surface area contributed by atoms with Crippen LogP contribution in [0.3, 0.4) is 0 Å². The number of ether oxygens (including phenoxy) is 1. The van der Waals surface area contributed by atoms with Gasteiger partial charge < -0.3 is 14.9 Å². The zero-order valence-corrected chi connectivity index (χ0v) is 17.5. The van der Waals surface area contributed by atoms with Crippen LogP contribution >= 0.6 is 0 Å². The molecule has 1 aliphatic heterocycles. The van der Waals surface area contributed by atoms with E-state index >= 15 is 0 Å². The molecule has 1 aliphatic rings. The van der Waals surface area contributed by atoms with Gasteiger partial charge in [0.15, 0.2) is 11.5 Å². The minimum atomic E-state index is -0.0764. The predicted octanol–water partition coefficient (Wildman–Crippen LogP) is 7.35. The summed E-state index contributed by atoms with van der Waals surface area (Å²) >= 11 is 0. The van der Waals surface area contributed by atoms with Crippen molar-refractivity contribution in [2.24, 2.45) is 0 Å². The van der Waals surface area contributed by atoms with E-state index < -0.39 is 0 Å². The molecular weight excluding hydrogens is 336 g/mol. The Morgan fingerprint density at radius 2 is 1.07 bits per heavy atom. The summed E-state index contributed by atoms with van der Waals surface area (Å²) in [7, 11) is 0. The van der Waals surface area contributed by atoms with E-state index in [0.29, 0.717) is 6.10 Å². The number of benzene rings is 1. The highest BCUT2D eigenvalue weighted by molar-refractivity contribution is 5.36. The highest BCUT2D eigenvalue weighted by Gasteiger charge is 2.20. The molecule has 0 radical (unpaired) electrons. The van der Waals surface area contributed by atoms with Crippen LogP contribution in [-0.2, 0) is 4.74 Å². The largest absolute Gasteiger partial charge is 0.504 e. The number of hydrogen-bond donors (Lipinski definition) is 2. The molecule has 1 saturated heterocycles. The Hall–Kier alpha value is -1.22. The second kappa shape index (κ2) is 16.9. The number of aromatic hydroxyl groups is 2. The minimum Gasteiger partial charge on any atom is -0.504 e. The molecule has 1 heterocycles. The topological polar surface area (TPSA) is 53.0 Å². The standard InChI is InChI=1S/C18H36O.C6H6O2/c1-2-3-4-5-6-7-8-9-10-11-12-13-14-15-16-18-17-19-18;7-5-3-1-2-4-6(5)8/h18H,2-17H2,1H3;1-4,7-8H. The Morgan fingerprint density at radius 1 is 0.704 bits per heavy atom. The van der Waals surface area contributed by atoms with Gasteiger partial charge in [-0.2, -0.15) is 0 Å². The average Bonchev–Trinajstić information content (AvgIpc) is 3.49. The summed E-state index contributed by atoms with van der Waals surface area (Å²) in [4.78, 5) is 0. The summed E-state index contributed by atoms with van der Waals surface area (Å²) in [5.74, 6) is -0.153. The maximum absolute atomic E-state index is 8.67.